The molecule has 10 aromatic carbocycles. The zero-order valence-electron chi connectivity index (χ0n) is 34.2. The molecule has 0 atom stereocenters. The van der Waals surface area contributed by atoms with Gasteiger partial charge in [-0.25, -0.2) is 0 Å². The maximum Gasteiger partial charge on any atom is 0.0468 e. The highest BCUT2D eigenvalue weighted by atomic mass is 15.2. The molecule has 0 N–H and O–H groups in total. The Hall–Kier alpha value is -8.34. The van der Waals surface area contributed by atoms with Crippen LogP contribution in [0.25, 0.3) is 10.8 Å². The van der Waals surface area contributed by atoms with E-state index in [1.807, 2.05) is 0 Å². The highest BCUT2D eigenvalue weighted by Gasteiger charge is 2.19. The van der Waals surface area contributed by atoms with E-state index >= 15 is 0 Å². The van der Waals surface area contributed by atoms with Gasteiger partial charge in [0.05, 0.1) is 0 Å². The monoisotopic (exact) mass is 796 g/mol. The molecule has 0 spiro atoms. The van der Waals surface area contributed by atoms with Crippen LogP contribution in [0.4, 0.5) is 68.2 Å². The van der Waals surface area contributed by atoms with E-state index < -0.39 is 0 Å². The number of benzene rings is 10. The molecule has 0 aliphatic rings. The molecule has 0 fully saturated rings. The van der Waals surface area contributed by atoms with Crippen LogP contribution in [0.3, 0.4) is 0 Å². The van der Waals surface area contributed by atoms with Crippen LogP contribution in [0.5, 0.6) is 0 Å². The van der Waals surface area contributed by atoms with Crippen molar-refractivity contribution in [3.8, 4) is 0 Å². The molecular formula is C58H44N4. The SMILES string of the molecule is c1ccc(N(c2ccccc2)c2ccc(N(c3ccccc3)c3ccc4cc(N(c5ccccc5)c5ccc(N(c6ccccc6)c6ccccc6)cc5)ccc4c3)cc2)cc1. The fraction of sp³-hybridized carbons (Fsp3) is 0. The van der Waals surface area contributed by atoms with E-state index in [0.29, 0.717) is 0 Å². The van der Waals surface area contributed by atoms with Crippen LogP contribution in [0.1, 0.15) is 0 Å². The Morgan fingerprint density at radius 1 is 0.145 bits per heavy atom. The molecule has 4 nitrogen and oxygen atoms in total. The van der Waals surface area contributed by atoms with Crippen LogP contribution < -0.4 is 19.6 Å². The Kier molecular flexibility index (Phi) is 10.7. The Balaban J connectivity index is 0.996. The van der Waals surface area contributed by atoms with E-state index in [1.54, 1.807) is 0 Å². The van der Waals surface area contributed by atoms with Crippen LogP contribution in [0.15, 0.2) is 267 Å². The van der Waals surface area contributed by atoms with Crippen molar-refractivity contribution in [2.24, 2.45) is 0 Å². The van der Waals surface area contributed by atoms with Crippen LogP contribution in [0.2, 0.25) is 0 Å². The molecule has 62 heavy (non-hydrogen) atoms. The summed E-state index contributed by atoms with van der Waals surface area (Å²) in [6.07, 6.45) is 0. The summed E-state index contributed by atoms with van der Waals surface area (Å²) < 4.78 is 0. The Labute approximate surface area is 364 Å². The van der Waals surface area contributed by atoms with Gasteiger partial charge in [-0.15, -0.1) is 0 Å². The highest BCUT2D eigenvalue weighted by molar-refractivity contribution is 5.93. The molecule has 0 saturated heterocycles. The summed E-state index contributed by atoms with van der Waals surface area (Å²) in [6, 6.07) is 94.6. The first-order chi connectivity index (χ1) is 30.8. The van der Waals surface area contributed by atoms with Gasteiger partial charge in [0.25, 0.3) is 0 Å². The van der Waals surface area contributed by atoms with E-state index in [1.165, 1.54) is 0 Å². The lowest BCUT2D eigenvalue weighted by Gasteiger charge is -2.29. The molecule has 0 saturated carbocycles. The minimum Gasteiger partial charge on any atom is -0.311 e. The summed E-state index contributed by atoms with van der Waals surface area (Å²) in [5.41, 5.74) is 13.1. The van der Waals surface area contributed by atoms with E-state index in [0.717, 1.165) is 79.0 Å². The first-order valence-electron chi connectivity index (χ1n) is 21.0. The molecular weight excluding hydrogens is 753 g/mol. The second-order valence-electron chi connectivity index (χ2n) is 15.1. The molecule has 0 aliphatic carbocycles. The van der Waals surface area contributed by atoms with Crippen molar-refractivity contribution >= 4 is 79.0 Å². The number of hydrogen-bond donors (Lipinski definition) is 0. The van der Waals surface area contributed by atoms with Crippen molar-refractivity contribution < 1.29 is 0 Å². The summed E-state index contributed by atoms with van der Waals surface area (Å²) in [5, 5.41) is 2.32. The molecule has 10 aromatic rings. The number of nitrogens with zero attached hydrogens (tertiary/aromatic N) is 4. The predicted molar refractivity (Wildman–Crippen MR) is 263 cm³/mol. The van der Waals surface area contributed by atoms with Gasteiger partial charge in [-0.1, -0.05) is 121 Å². The largest absolute Gasteiger partial charge is 0.311 e. The molecule has 0 aromatic heterocycles. The third-order valence-corrected chi connectivity index (χ3v) is 11.1. The smallest absolute Gasteiger partial charge is 0.0468 e. The van der Waals surface area contributed by atoms with Gasteiger partial charge in [0, 0.05) is 68.2 Å². The predicted octanol–water partition coefficient (Wildman–Crippen LogP) is 16.7. The summed E-state index contributed by atoms with van der Waals surface area (Å²) in [5.74, 6) is 0. The van der Waals surface area contributed by atoms with Gasteiger partial charge in [-0.05, 0) is 156 Å². The Bertz CT molecular complexity index is 2690. The average molecular weight is 797 g/mol. The number of fused-ring (bicyclic) bond motifs is 1. The molecule has 0 amide bonds. The number of hydrogen-bond acceptors (Lipinski definition) is 4. The van der Waals surface area contributed by atoms with E-state index in [-0.39, 0.29) is 0 Å². The van der Waals surface area contributed by atoms with Gasteiger partial charge >= 0.3 is 0 Å². The highest BCUT2D eigenvalue weighted by Crippen LogP contribution is 2.42. The van der Waals surface area contributed by atoms with E-state index in [4.69, 9.17) is 0 Å². The summed E-state index contributed by atoms with van der Waals surface area (Å²) in [4.78, 5) is 9.25. The fourth-order valence-corrected chi connectivity index (χ4v) is 8.25. The molecule has 10 rings (SSSR count). The first kappa shape index (κ1) is 37.9. The lowest BCUT2D eigenvalue weighted by molar-refractivity contribution is 1.25. The zero-order chi connectivity index (χ0) is 41.5. The summed E-state index contributed by atoms with van der Waals surface area (Å²) >= 11 is 0. The van der Waals surface area contributed by atoms with Gasteiger partial charge in [-0.3, -0.25) is 0 Å². The van der Waals surface area contributed by atoms with Crippen molar-refractivity contribution in [1.82, 2.24) is 0 Å². The van der Waals surface area contributed by atoms with Crippen molar-refractivity contribution in [2.75, 3.05) is 19.6 Å². The summed E-state index contributed by atoms with van der Waals surface area (Å²) in [6.45, 7) is 0. The second-order valence-corrected chi connectivity index (χ2v) is 15.1. The van der Waals surface area contributed by atoms with Crippen LogP contribution in [0, 0.1) is 0 Å². The first-order valence-corrected chi connectivity index (χ1v) is 21.0. The van der Waals surface area contributed by atoms with Crippen LogP contribution in [-0.4, -0.2) is 0 Å². The molecule has 0 heterocycles. The Morgan fingerprint density at radius 2 is 0.306 bits per heavy atom. The fourth-order valence-electron chi connectivity index (χ4n) is 8.25. The van der Waals surface area contributed by atoms with Crippen molar-refractivity contribution in [1.29, 1.82) is 0 Å². The minimum atomic E-state index is 1.08. The zero-order valence-corrected chi connectivity index (χ0v) is 34.2. The van der Waals surface area contributed by atoms with Crippen molar-refractivity contribution in [3.63, 3.8) is 0 Å². The third kappa shape index (κ3) is 7.89. The van der Waals surface area contributed by atoms with Gasteiger partial charge in [0.2, 0.25) is 0 Å². The standard InChI is InChI=1S/C58H44N4/c1-7-19-47(20-8-1)59(48-21-9-2-10-22-48)53-35-39-55(40-36-53)61(51-27-15-5-16-28-51)57-33-31-46-44-58(34-32-45(46)43-57)62(52-29-17-6-18-30-52)56-41-37-54(38-42-56)60(49-23-11-3-12-24-49)50-25-13-4-14-26-50/h1-44H. The second kappa shape index (κ2) is 17.5. The van der Waals surface area contributed by atoms with E-state index in [9.17, 15) is 0 Å². The normalized spacial score (nSPS) is 10.9. The topological polar surface area (TPSA) is 13.0 Å². The molecule has 296 valence electrons. The maximum atomic E-state index is 2.33. The Morgan fingerprint density at radius 3 is 0.516 bits per heavy atom. The molecule has 0 unspecified atom stereocenters. The lowest BCUT2D eigenvalue weighted by atomic mass is 10.1. The molecule has 0 aliphatic heterocycles. The van der Waals surface area contributed by atoms with Gasteiger partial charge in [0.15, 0.2) is 0 Å². The van der Waals surface area contributed by atoms with E-state index in [2.05, 4.69) is 287 Å². The lowest BCUT2D eigenvalue weighted by Crippen LogP contribution is -2.12. The molecule has 0 radical (unpaired) electrons. The number of rotatable bonds is 12. The molecule has 0 bridgehead atoms. The van der Waals surface area contributed by atoms with Crippen molar-refractivity contribution in [3.05, 3.63) is 267 Å². The van der Waals surface area contributed by atoms with Crippen LogP contribution >= 0.6 is 0 Å². The number of para-hydroxylation sites is 6. The average Bonchev–Trinajstić information content (AvgIpc) is 3.35. The van der Waals surface area contributed by atoms with Crippen LogP contribution in [-0.2, 0) is 0 Å². The maximum absolute atomic E-state index is 2.33. The van der Waals surface area contributed by atoms with Crippen molar-refractivity contribution in [2.45, 2.75) is 0 Å². The number of anilines is 12. The quantitative estimate of drug-likeness (QED) is 0.122. The molecule has 4 heteroatoms. The third-order valence-electron chi connectivity index (χ3n) is 11.1. The van der Waals surface area contributed by atoms with Gasteiger partial charge in [0.1, 0.15) is 0 Å². The van der Waals surface area contributed by atoms with Gasteiger partial charge in [-0.2, -0.15) is 0 Å². The minimum absolute atomic E-state index is 1.08. The summed E-state index contributed by atoms with van der Waals surface area (Å²) in [7, 11) is 0. The van der Waals surface area contributed by atoms with Gasteiger partial charge < -0.3 is 19.6 Å².